The lowest BCUT2D eigenvalue weighted by Gasteiger charge is -2.30. The Bertz CT molecular complexity index is 949. The second-order valence-corrected chi connectivity index (χ2v) is 8.27. The molecule has 0 bridgehead atoms. The molecule has 1 aliphatic rings. The molecule has 28 heavy (non-hydrogen) atoms. The van der Waals surface area contributed by atoms with E-state index < -0.39 is 0 Å². The summed E-state index contributed by atoms with van der Waals surface area (Å²) in [6, 6.07) is 11.1. The number of rotatable bonds is 5. The molecule has 0 spiro atoms. The number of likely N-dealkylation sites (tertiary alicyclic amines) is 1. The monoisotopic (exact) mass is 416 g/mol. The Morgan fingerprint density at radius 2 is 2.00 bits per heavy atom. The molecule has 1 saturated heterocycles. The minimum Gasteiger partial charge on any atom is -0.461 e. The van der Waals surface area contributed by atoms with Gasteiger partial charge in [0.15, 0.2) is 10.9 Å². The molecule has 0 N–H and O–H groups in total. The molecule has 1 aliphatic heterocycles. The summed E-state index contributed by atoms with van der Waals surface area (Å²) in [5.74, 6) is 2.28. The van der Waals surface area contributed by atoms with E-state index in [1.807, 2.05) is 39.8 Å². The number of thioether (sulfide) groups is 1. The van der Waals surface area contributed by atoms with Gasteiger partial charge < -0.3 is 9.32 Å². The van der Waals surface area contributed by atoms with Gasteiger partial charge in [-0.25, -0.2) is 0 Å². The minimum atomic E-state index is 0.130. The van der Waals surface area contributed by atoms with E-state index in [1.165, 1.54) is 11.8 Å². The van der Waals surface area contributed by atoms with E-state index in [-0.39, 0.29) is 5.91 Å². The van der Waals surface area contributed by atoms with Crippen LogP contribution in [0.2, 0.25) is 5.02 Å². The Hall–Kier alpha value is -2.25. The topological polar surface area (TPSA) is 64.2 Å². The van der Waals surface area contributed by atoms with Crippen molar-refractivity contribution in [3.05, 3.63) is 47.7 Å². The third-order valence-corrected chi connectivity index (χ3v) is 6.16. The zero-order valence-electron chi connectivity index (χ0n) is 15.5. The van der Waals surface area contributed by atoms with Gasteiger partial charge in [0.2, 0.25) is 11.7 Å². The van der Waals surface area contributed by atoms with Crippen LogP contribution in [-0.2, 0) is 4.79 Å². The maximum Gasteiger partial charge on any atom is 0.233 e. The Balaban J connectivity index is 1.59. The zero-order chi connectivity index (χ0) is 19.5. The van der Waals surface area contributed by atoms with Crippen molar-refractivity contribution in [1.29, 1.82) is 0 Å². The van der Waals surface area contributed by atoms with Gasteiger partial charge in [-0.15, -0.1) is 10.2 Å². The lowest BCUT2D eigenvalue weighted by atomic mass is 9.99. The average Bonchev–Trinajstić information content (AvgIpc) is 3.37. The van der Waals surface area contributed by atoms with Crippen LogP contribution in [0.1, 0.15) is 19.8 Å². The number of halogens is 1. The highest BCUT2D eigenvalue weighted by Crippen LogP contribution is 2.31. The Kier molecular flexibility index (Phi) is 5.73. The van der Waals surface area contributed by atoms with Crippen LogP contribution >= 0.6 is 23.4 Å². The fourth-order valence-electron chi connectivity index (χ4n) is 3.25. The molecule has 1 aromatic carbocycles. The van der Waals surface area contributed by atoms with E-state index in [4.69, 9.17) is 16.0 Å². The maximum atomic E-state index is 12.6. The predicted molar refractivity (Wildman–Crippen MR) is 110 cm³/mol. The van der Waals surface area contributed by atoms with Gasteiger partial charge in [-0.05, 0) is 43.0 Å². The van der Waals surface area contributed by atoms with Crippen molar-refractivity contribution in [3.63, 3.8) is 0 Å². The Morgan fingerprint density at radius 1 is 1.21 bits per heavy atom. The maximum absolute atomic E-state index is 12.6. The number of carbonyl (C=O) groups excluding carboxylic acids is 1. The number of carbonyl (C=O) groups is 1. The number of hydrogen-bond donors (Lipinski definition) is 0. The number of para-hydroxylation sites is 1. The van der Waals surface area contributed by atoms with Crippen molar-refractivity contribution in [2.75, 3.05) is 18.8 Å². The van der Waals surface area contributed by atoms with Gasteiger partial charge in [-0.3, -0.25) is 9.36 Å². The first-order chi connectivity index (χ1) is 13.6. The molecule has 0 atom stereocenters. The molecule has 146 valence electrons. The van der Waals surface area contributed by atoms with Crippen molar-refractivity contribution in [2.45, 2.75) is 24.9 Å². The first kappa shape index (κ1) is 19.1. The van der Waals surface area contributed by atoms with E-state index in [0.717, 1.165) is 31.6 Å². The van der Waals surface area contributed by atoms with Crippen molar-refractivity contribution in [2.24, 2.45) is 5.92 Å². The molecule has 3 aromatic rings. The van der Waals surface area contributed by atoms with E-state index in [9.17, 15) is 4.79 Å². The van der Waals surface area contributed by atoms with E-state index in [1.54, 1.807) is 12.3 Å². The molecular weight excluding hydrogens is 396 g/mol. The quantitative estimate of drug-likeness (QED) is 0.571. The number of amides is 1. The molecule has 4 rings (SSSR count). The van der Waals surface area contributed by atoms with Gasteiger partial charge in [-0.2, -0.15) is 0 Å². The SMILES string of the molecule is CC1CCN(C(=O)CSc2nnc(-c3ccco3)n2-c2ccccc2Cl)CC1. The van der Waals surface area contributed by atoms with Crippen LogP contribution in [0, 0.1) is 5.92 Å². The highest BCUT2D eigenvalue weighted by Gasteiger charge is 2.23. The van der Waals surface area contributed by atoms with Crippen LogP contribution in [0.25, 0.3) is 17.3 Å². The number of benzene rings is 1. The Labute approximate surface area is 172 Å². The second kappa shape index (κ2) is 8.41. The number of furan rings is 1. The second-order valence-electron chi connectivity index (χ2n) is 6.92. The summed E-state index contributed by atoms with van der Waals surface area (Å²) < 4.78 is 7.36. The first-order valence-electron chi connectivity index (χ1n) is 9.28. The standard InChI is InChI=1S/C20H21ClN4O2S/c1-14-8-10-24(11-9-14)18(26)13-28-20-23-22-19(17-7-4-12-27-17)25(20)16-6-3-2-5-15(16)21/h2-7,12,14H,8-11,13H2,1H3. The van der Waals surface area contributed by atoms with Crippen LogP contribution < -0.4 is 0 Å². The minimum absolute atomic E-state index is 0.130. The molecular formula is C20H21ClN4O2S. The molecule has 2 aromatic heterocycles. The van der Waals surface area contributed by atoms with Crippen LogP contribution in [0.4, 0.5) is 0 Å². The van der Waals surface area contributed by atoms with Crippen LogP contribution in [0.3, 0.4) is 0 Å². The fraction of sp³-hybridized carbons (Fsp3) is 0.350. The smallest absolute Gasteiger partial charge is 0.233 e. The van der Waals surface area contributed by atoms with Crippen molar-refractivity contribution < 1.29 is 9.21 Å². The summed E-state index contributed by atoms with van der Waals surface area (Å²) in [4.78, 5) is 14.6. The number of piperidine rings is 1. The van der Waals surface area contributed by atoms with Crippen molar-refractivity contribution in [3.8, 4) is 17.3 Å². The third kappa shape index (κ3) is 3.95. The molecule has 8 heteroatoms. The predicted octanol–water partition coefficient (Wildman–Crippen LogP) is 4.53. The number of hydrogen-bond acceptors (Lipinski definition) is 5. The van der Waals surface area contributed by atoms with E-state index in [2.05, 4.69) is 17.1 Å². The molecule has 1 amide bonds. The van der Waals surface area contributed by atoms with Crippen LogP contribution in [0.5, 0.6) is 0 Å². The lowest BCUT2D eigenvalue weighted by Crippen LogP contribution is -2.38. The zero-order valence-corrected chi connectivity index (χ0v) is 17.1. The van der Waals surface area contributed by atoms with Gasteiger partial charge in [0.25, 0.3) is 0 Å². The third-order valence-electron chi connectivity index (χ3n) is 4.93. The lowest BCUT2D eigenvalue weighted by molar-refractivity contribution is -0.129. The molecule has 3 heterocycles. The van der Waals surface area contributed by atoms with E-state index >= 15 is 0 Å². The van der Waals surface area contributed by atoms with E-state index in [0.29, 0.717) is 33.4 Å². The molecule has 0 radical (unpaired) electrons. The summed E-state index contributed by atoms with van der Waals surface area (Å²) >= 11 is 7.80. The van der Waals surface area contributed by atoms with Gasteiger partial charge in [0.1, 0.15) is 0 Å². The number of aromatic nitrogens is 3. The van der Waals surface area contributed by atoms with Crippen molar-refractivity contribution in [1.82, 2.24) is 19.7 Å². The molecule has 6 nitrogen and oxygen atoms in total. The number of nitrogens with zero attached hydrogens (tertiary/aromatic N) is 4. The summed E-state index contributed by atoms with van der Waals surface area (Å²) in [7, 11) is 0. The Morgan fingerprint density at radius 3 is 2.71 bits per heavy atom. The van der Waals surface area contributed by atoms with Crippen molar-refractivity contribution >= 4 is 29.3 Å². The first-order valence-corrected chi connectivity index (χ1v) is 10.6. The molecule has 0 unspecified atom stereocenters. The highest BCUT2D eigenvalue weighted by molar-refractivity contribution is 7.99. The van der Waals surface area contributed by atoms with Gasteiger partial charge in [0, 0.05) is 13.1 Å². The summed E-state index contributed by atoms with van der Waals surface area (Å²) in [5.41, 5.74) is 0.752. The highest BCUT2D eigenvalue weighted by atomic mass is 35.5. The van der Waals surface area contributed by atoms with Crippen LogP contribution in [0.15, 0.2) is 52.2 Å². The molecule has 0 aliphatic carbocycles. The normalized spacial score (nSPS) is 15.1. The summed E-state index contributed by atoms with van der Waals surface area (Å²) in [6.45, 7) is 3.89. The summed E-state index contributed by atoms with van der Waals surface area (Å²) in [5, 5.41) is 9.78. The average molecular weight is 417 g/mol. The molecule has 1 fully saturated rings. The molecule has 0 saturated carbocycles. The van der Waals surface area contributed by atoms with Crippen LogP contribution in [-0.4, -0.2) is 44.4 Å². The van der Waals surface area contributed by atoms with Gasteiger partial charge >= 0.3 is 0 Å². The van der Waals surface area contributed by atoms with Gasteiger partial charge in [0.05, 0.1) is 22.7 Å². The largest absolute Gasteiger partial charge is 0.461 e. The summed E-state index contributed by atoms with van der Waals surface area (Å²) in [6.07, 6.45) is 3.72. The van der Waals surface area contributed by atoms with Gasteiger partial charge in [-0.1, -0.05) is 42.4 Å². The fourth-order valence-corrected chi connectivity index (χ4v) is 4.32.